The lowest BCUT2D eigenvalue weighted by atomic mass is 9.96. The van der Waals surface area contributed by atoms with Crippen LogP contribution >= 0.6 is 0 Å². The first-order chi connectivity index (χ1) is 19.0. The molecule has 0 spiro atoms. The van der Waals surface area contributed by atoms with Crippen LogP contribution in [0.5, 0.6) is 5.75 Å². The lowest BCUT2D eigenvalue weighted by molar-refractivity contribution is -0.393. The smallest absolute Gasteiger partial charge is 0.301 e. The van der Waals surface area contributed by atoms with Gasteiger partial charge in [-0.1, -0.05) is 42.5 Å². The average Bonchev–Trinajstić information content (AvgIpc) is 3.47. The third-order valence-electron chi connectivity index (χ3n) is 6.72. The number of non-ortho nitro benzene ring substituents is 1. The number of likely N-dealkylation sites (tertiary alicyclic amines) is 1. The fraction of sp³-hybridized carbons (Fsp3) is 0.207. The number of hydrazone groups is 1. The lowest BCUT2D eigenvalue weighted by Gasteiger charge is -2.15. The van der Waals surface area contributed by atoms with E-state index in [-0.39, 0.29) is 11.4 Å². The molecule has 1 heterocycles. The molecule has 4 aromatic carbocycles. The maximum absolute atomic E-state index is 11.6. The number of fused-ring (bicyclic) bond motifs is 1. The highest BCUT2D eigenvalue weighted by Crippen LogP contribution is 2.30. The number of nitro groups is 2. The summed E-state index contributed by atoms with van der Waals surface area (Å²) in [6, 6.07) is 24.7. The van der Waals surface area contributed by atoms with Crippen molar-refractivity contribution in [1.29, 1.82) is 0 Å². The van der Waals surface area contributed by atoms with Crippen LogP contribution in [0.4, 0.5) is 17.1 Å². The van der Waals surface area contributed by atoms with E-state index in [9.17, 15) is 20.2 Å². The Hall–Kier alpha value is -4.83. The maximum atomic E-state index is 11.6. The maximum Gasteiger partial charge on any atom is 0.301 e. The molecule has 0 saturated carbocycles. The molecule has 0 unspecified atom stereocenters. The van der Waals surface area contributed by atoms with Crippen molar-refractivity contribution in [2.45, 2.75) is 12.8 Å². The zero-order valence-corrected chi connectivity index (χ0v) is 21.2. The van der Waals surface area contributed by atoms with Crippen molar-refractivity contribution in [3.8, 4) is 5.75 Å². The number of anilines is 1. The number of ether oxygens (including phenoxy) is 1. The zero-order chi connectivity index (χ0) is 27.2. The molecule has 1 saturated heterocycles. The molecule has 1 N–H and O–H groups in total. The lowest BCUT2D eigenvalue weighted by Crippen LogP contribution is -2.25. The molecular formula is C29H27N5O5. The van der Waals surface area contributed by atoms with Crippen LogP contribution in [0, 0.1) is 20.2 Å². The number of benzene rings is 4. The van der Waals surface area contributed by atoms with Gasteiger partial charge in [-0.15, -0.1) is 0 Å². The molecule has 0 bridgehead atoms. The summed E-state index contributed by atoms with van der Waals surface area (Å²) in [6.45, 7) is 3.73. The van der Waals surface area contributed by atoms with Gasteiger partial charge in [-0.3, -0.25) is 30.6 Å². The summed E-state index contributed by atoms with van der Waals surface area (Å²) < 4.78 is 5.95. The van der Waals surface area contributed by atoms with Gasteiger partial charge in [-0.2, -0.15) is 5.10 Å². The molecule has 0 radical (unpaired) electrons. The number of rotatable bonds is 10. The molecule has 0 aliphatic carbocycles. The Labute approximate surface area is 224 Å². The predicted molar refractivity (Wildman–Crippen MR) is 151 cm³/mol. The summed E-state index contributed by atoms with van der Waals surface area (Å²) in [5, 5.41) is 29.3. The molecule has 10 nitrogen and oxygen atoms in total. The second-order valence-corrected chi connectivity index (χ2v) is 9.24. The number of hydrogen-bond donors (Lipinski definition) is 1. The van der Waals surface area contributed by atoms with E-state index < -0.39 is 15.5 Å². The summed E-state index contributed by atoms with van der Waals surface area (Å²) >= 11 is 0. The quantitative estimate of drug-likeness (QED) is 0.153. The summed E-state index contributed by atoms with van der Waals surface area (Å²) in [7, 11) is 0. The van der Waals surface area contributed by atoms with Crippen molar-refractivity contribution in [3.63, 3.8) is 0 Å². The highest BCUT2D eigenvalue weighted by Gasteiger charge is 2.20. The van der Waals surface area contributed by atoms with Crippen LogP contribution in [0.2, 0.25) is 0 Å². The Morgan fingerprint density at radius 1 is 0.897 bits per heavy atom. The molecule has 5 rings (SSSR count). The van der Waals surface area contributed by atoms with Gasteiger partial charge in [0.25, 0.3) is 5.69 Å². The number of nitro benzene ring substituents is 2. The first-order valence-corrected chi connectivity index (χ1v) is 12.7. The van der Waals surface area contributed by atoms with Crippen LogP contribution in [-0.2, 0) is 0 Å². The Morgan fingerprint density at radius 2 is 1.64 bits per heavy atom. The number of nitrogens with one attached hydrogen (secondary N) is 1. The average molecular weight is 526 g/mol. The molecule has 0 amide bonds. The van der Waals surface area contributed by atoms with E-state index in [1.165, 1.54) is 25.0 Å². The minimum atomic E-state index is -0.670. The topological polar surface area (TPSA) is 123 Å². The van der Waals surface area contributed by atoms with Crippen molar-refractivity contribution >= 4 is 33.5 Å². The van der Waals surface area contributed by atoms with Crippen LogP contribution in [0.15, 0.2) is 90.0 Å². The Kier molecular flexibility index (Phi) is 7.74. The van der Waals surface area contributed by atoms with Crippen LogP contribution < -0.4 is 10.2 Å². The predicted octanol–water partition coefficient (Wildman–Crippen LogP) is 6.00. The Morgan fingerprint density at radius 3 is 2.38 bits per heavy atom. The first kappa shape index (κ1) is 25.8. The van der Waals surface area contributed by atoms with Gasteiger partial charge in [-0.05, 0) is 67.0 Å². The van der Waals surface area contributed by atoms with Gasteiger partial charge in [-0.25, -0.2) is 0 Å². The van der Waals surface area contributed by atoms with Crippen LogP contribution in [0.25, 0.3) is 10.8 Å². The van der Waals surface area contributed by atoms with E-state index in [2.05, 4.69) is 15.4 Å². The van der Waals surface area contributed by atoms with Gasteiger partial charge in [0.1, 0.15) is 18.0 Å². The highest BCUT2D eigenvalue weighted by atomic mass is 16.6. The fourth-order valence-electron chi connectivity index (χ4n) is 4.72. The third kappa shape index (κ3) is 6.02. The van der Waals surface area contributed by atoms with E-state index in [4.69, 9.17) is 4.74 Å². The van der Waals surface area contributed by atoms with Crippen molar-refractivity contribution in [1.82, 2.24) is 4.90 Å². The molecule has 1 aliphatic heterocycles. The summed E-state index contributed by atoms with van der Waals surface area (Å²) in [5.74, 6) is 0.745. The van der Waals surface area contributed by atoms with Gasteiger partial charge in [0, 0.05) is 23.7 Å². The molecule has 10 heteroatoms. The minimum absolute atomic E-state index is 0.0465. The molecule has 1 aliphatic rings. The second kappa shape index (κ2) is 11.7. The van der Waals surface area contributed by atoms with E-state index >= 15 is 0 Å². The number of nitrogens with zero attached hydrogens (tertiary/aromatic N) is 4. The molecule has 39 heavy (non-hydrogen) atoms. The van der Waals surface area contributed by atoms with E-state index in [0.29, 0.717) is 12.3 Å². The van der Waals surface area contributed by atoms with Gasteiger partial charge < -0.3 is 4.74 Å². The Bertz CT molecular complexity index is 1530. The van der Waals surface area contributed by atoms with E-state index in [1.54, 1.807) is 0 Å². The molecule has 1 fully saturated rings. The van der Waals surface area contributed by atoms with Crippen LogP contribution in [0.1, 0.15) is 24.0 Å². The Balaban J connectivity index is 1.47. The second-order valence-electron chi connectivity index (χ2n) is 9.24. The minimum Gasteiger partial charge on any atom is -0.492 e. The largest absolute Gasteiger partial charge is 0.492 e. The highest BCUT2D eigenvalue weighted by molar-refractivity contribution is 6.19. The molecular weight excluding hydrogens is 498 g/mol. The normalized spacial score (nSPS) is 13.9. The molecule has 0 aromatic heterocycles. The fourth-order valence-corrected chi connectivity index (χ4v) is 4.72. The molecule has 198 valence electrons. The number of hydrogen-bond acceptors (Lipinski definition) is 8. The monoisotopic (exact) mass is 525 g/mol. The van der Waals surface area contributed by atoms with Crippen molar-refractivity contribution < 1.29 is 14.6 Å². The summed E-state index contributed by atoms with van der Waals surface area (Å²) in [6.07, 6.45) is 2.48. The van der Waals surface area contributed by atoms with Gasteiger partial charge in [0.15, 0.2) is 0 Å². The first-order valence-electron chi connectivity index (χ1n) is 12.7. The van der Waals surface area contributed by atoms with Gasteiger partial charge in [0.05, 0.1) is 21.6 Å². The van der Waals surface area contributed by atoms with Crippen LogP contribution in [-0.4, -0.2) is 46.7 Å². The van der Waals surface area contributed by atoms with Crippen molar-refractivity contribution in [2.24, 2.45) is 5.10 Å². The third-order valence-corrected chi connectivity index (χ3v) is 6.72. The van der Waals surface area contributed by atoms with Gasteiger partial charge in [0.2, 0.25) is 0 Å². The molecule has 4 aromatic rings. The zero-order valence-electron chi connectivity index (χ0n) is 21.2. The van der Waals surface area contributed by atoms with Crippen LogP contribution in [0.3, 0.4) is 0 Å². The van der Waals surface area contributed by atoms with Crippen molar-refractivity contribution in [3.05, 3.63) is 116 Å². The standard InChI is InChI=1S/C29H27N5O5/c35-33(36)23-12-15-27(28(20-23)34(37)38)30-31-29(26-9-5-7-21-6-1-2-8-25(21)26)22-10-13-24(14-11-22)39-19-18-32-16-3-4-17-32/h1-2,5-15,20,30H,3-4,16-19H2/b31-29-. The molecule has 0 atom stereocenters. The summed E-state index contributed by atoms with van der Waals surface area (Å²) in [5.41, 5.74) is 4.19. The van der Waals surface area contributed by atoms with E-state index in [1.807, 2.05) is 66.7 Å². The van der Waals surface area contributed by atoms with Crippen molar-refractivity contribution in [2.75, 3.05) is 31.7 Å². The van der Waals surface area contributed by atoms with E-state index in [0.717, 1.165) is 53.3 Å². The van der Waals surface area contributed by atoms with Gasteiger partial charge >= 0.3 is 5.69 Å². The SMILES string of the molecule is O=[N+]([O-])c1ccc(N/N=C(/c2ccc(OCCN3CCCC3)cc2)c2cccc3ccccc23)c([N+](=O)[O-])c1. The summed E-state index contributed by atoms with van der Waals surface area (Å²) in [4.78, 5) is 23.8.